The van der Waals surface area contributed by atoms with Gasteiger partial charge in [-0.3, -0.25) is 14.4 Å². The molecule has 4 heterocycles. The number of rotatable bonds is 9. The highest BCUT2D eigenvalue weighted by atomic mass is 16.5. The fourth-order valence-electron chi connectivity index (χ4n) is 8.10. The highest BCUT2D eigenvalue weighted by molar-refractivity contribution is 6.02. The Balaban J connectivity index is 1.24. The van der Waals surface area contributed by atoms with E-state index in [4.69, 9.17) is 9.47 Å². The molecule has 228 valence electrons. The van der Waals surface area contributed by atoms with Gasteiger partial charge in [0.2, 0.25) is 17.7 Å². The Hall–Kier alpha value is -2.91. The average Bonchev–Trinajstić information content (AvgIpc) is 3.64. The van der Waals surface area contributed by atoms with Crippen molar-refractivity contribution in [2.45, 2.75) is 82.6 Å². The maximum Gasteiger partial charge on any atom is 0.246 e. The summed E-state index contributed by atoms with van der Waals surface area (Å²) in [7, 11) is 1.60. The van der Waals surface area contributed by atoms with E-state index in [1.807, 2.05) is 12.2 Å². The van der Waals surface area contributed by atoms with Gasteiger partial charge >= 0.3 is 0 Å². The molecular weight excluding hydrogens is 532 g/mol. The van der Waals surface area contributed by atoms with Gasteiger partial charge in [-0.2, -0.15) is 0 Å². The summed E-state index contributed by atoms with van der Waals surface area (Å²) in [5, 5.41) is 6.33. The van der Waals surface area contributed by atoms with Crippen molar-refractivity contribution in [3.63, 3.8) is 0 Å². The number of likely N-dealkylation sites (tertiary alicyclic amines) is 2. The van der Waals surface area contributed by atoms with Crippen molar-refractivity contribution in [2.75, 3.05) is 38.6 Å². The number of ether oxygens (including phenoxy) is 2. The number of amides is 3. The Kier molecular flexibility index (Phi) is 8.33. The van der Waals surface area contributed by atoms with E-state index >= 15 is 0 Å². The van der Waals surface area contributed by atoms with Crippen LogP contribution in [-0.2, 0) is 19.1 Å². The normalized spacial score (nSPS) is 35.7. The molecule has 8 atom stereocenters. The summed E-state index contributed by atoms with van der Waals surface area (Å²) in [6.45, 7) is 8.00. The van der Waals surface area contributed by atoms with Crippen molar-refractivity contribution in [1.29, 1.82) is 0 Å². The number of carbonyl (C=O) groups is 3. The zero-order valence-electron chi connectivity index (χ0n) is 25.2. The minimum atomic E-state index is -1.14. The molecule has 3 amide bonds. The Bertz CT molecular complexity index is 1200. The summed E-state index contributed by atoms with van der Waals surface area (Å²) in [5.41, 5.74) is -0.511. The van der Waals surface area contributed by atoms with E-state index in [2.05, 4.69) is 29.4 Å². The van der Waals surface area contributed by atoms with Crippen molar-refractivity contribution in [3.05, 3.63) is 36.4 Å². The first-order chi connectivity index (χ1) is 20.3. The quantitative estimate of drug-likeness (QED) is 0.435. The minimum absolute atomic E-state index is 0.0683. The lowest BCUT2D eigenvalue weighted by Gasteiger charge is -2.38. The maximum absolute atomic E-state index is 14.2. The van der Waals surface area contributed by atoms with Crippen LogP contribution in [0.1, 0.15) is 58.8 Å². The van der Waals surface area contributed by atoms with Crippen LogP contribution in [0.25, 0.3) is 0 Å². The van der Waals surface area contributed by atoms with Crippen LogP contribution < -0.4 is 15.4 Å². The van der Waals surface area contributed by atoms with Crippen molar-refractivity contribution < 1.29 is 23.9 Å². The molecule has 2 bridgehead atoms. The second kappa shape index (κ2) is 12.0. The third kappa shape index (κ3) is 5.23. The Morgan fingerprint density at radius 3 is 2.52 bits per heavy atom. The average molecular weight is 579 g/mol. The van der Waals surface area contributed by atoms with Crippen LogP contribution in [0.5, 0.6) is 5.75 Å². The Labute approximate surface area is 249 Å². The number of piperidine rings is 1. The van der Waals surface area contributed by atoms with Gasteiger partial charge in [0.15, 0.2) is 0 Å². The third-order valence-corrected chi connectivity index (χ3v) is 10.6. The summed E-state index contributed by atoms with van der Waals surface area (Å²) < 4.78 is 11.8. The van der Waals surface area contributed by atoms with E-state index in [0.717, 1.165) is 38.9 Å². The maximum atomic E-state index is 14.2. The first kappa shape index (κ1) is 29.2. The number of methoxy groups -OCH3 is 1. The lowest BCUT2D eigenvalue weighted by Crippen LogP contribution is -2.58. The molecule has 1 aromatic rings. The van der Waals surface area contributed by atoms with Gasteiger partial charge in [0.25, 0.3) is 0 Å². The topological polar surface area (TPSA) is 100 Å². The van der Waals surface area contributed by atoms with Crippen molar-refractivity contribution in [3.8, 4) is 5.75 Å². The fraction of sp³-hybridized carbons (Fsp3) is 0.667. The van der Waals surface area contributed by atoms with E-state index in [9.17, 15) is 14.4 Å². The van der Waals surface area contributed by atoms with Gasteiger partial charge in [-0.1, -0.05) is 45.3 Å². The molecule has 0 radical (unpaired) electrons. The molecule has 1 aliphatic carbocycles. The third-order valence-electron chi connectivity index (χ3n) is 10.6. The molecule has 42 heavy (non-hydrogen) atoms. The molecule has 5 aliphatic rings. The molecule has 9 nitrogen and oxygen atoms in total. The molecule has 1 aromatic carbocycles. The minimum Gasteiger partial charge on any atom is -0.497 e. The van der Waals surface area contributed by atoms with E-state index in [1.54, 1.807) is 36.3 Å². The SMILES string of the molecule is COc1ccc(NC(=O)[C@H]2[C@H]3C=C[C@@]4(O3)[C@H]2C(=O)N(CCCN2CCCCC2)[C@@H]4C(=O)N[C@@H]2CCC[C@@H](C)[C@H]2C)cc1. The van der Waals surface area contributed by atoms with E-state index in [1.165, 1.54) is 25.7 Å². The lowest BCUT2D eigenvalue weighted by atomic mass is 9.73. The summed E-state index contributed by atoms with van der Waals surface area (Å²) >= 11 is 0. The number of nitrogens with one attached hydrogen (secondary N) is 2. The number of carbonyl (C=O) groups excluding carboxylic acids is 3. The van der Waals surface area contributed by atoms with Crippen LogP contribution in [0.3, 0.4) is 0 Å². The van der Waals surface area contributed by atoms with E-state index < -0.39 is 29.6 Å². The lowest BCUT2D eigenvalue weighted by molar-refractivity contribution is -0.141. The highest BCUT2D eigenvalue weighted by Gasteiger charge is 2.72. The van der Waals surface area contributed by atoms with Crippen molar-refractivity contribution >= 4 is 23.4 Å². The van der Waals surface area contributed by atoms with Crippen LogP contribution in [0.2, 0.25) is 0 Å². The van der Waals surface area contributed by atoms with Crippen LogP contribution in [-0.4, -0.2) is 84.6 Å². The molecule has 6 rings (SSSR count). The summed E-state index contributed by atoms with van der Waals surface area (Å²) in [6.07, 6.45) is 10.9. The van der Waals surface area contributed by atoms with E-state index in [0.29, 0.717) is 29.8 Å². The van der Waals surface area contributed by atoms with Crippen LogP contribution in [0.15, 0.2) is 36.4 Å². The highest BCUT2D eigenvalue weighted by Crippen LogP contribution is 2.55. The number of fused-ring (bicyclic) bond motifs is 1. The number of anilines is 1. The molecule has 3 saturated heterocycles. The predicted octanol–water partition coefficient (Wildman–Crippen LogP) is 3.60. The second-order valence-corrected chi connectivity index (χ2v) is 13.1. The van der Waals surface area contributed by atoms with Crippen LogP contribution in [0, 0.1) is 23.7 Å². The molecule has 0 aromatic heterocycles. The van der Waals surface area contributed by atoms with Gasteiger partial charge in [-0.15, -0.1) is 0 Å². The van der Waals surface area contributed by atoms with Gasteiger partial charge in [-0.25, -0.2) is 0 Å². The number of hydrogen-bond acceptors (Lipinski definition) is 6. The number of hydrogen-bond donors (Lipinski definition) is 2. The molecule has 0 unspecified atom stereocenters. The molecular formula is C33H46N4O5. The van der Waals surface area contributed by atoms with Gasteiger partial charge < -0.3 is 29.9 Å². The largest absolute Gasteiger partial charge is 0.497 e. The van der Waals surface area contributed by atoms with Crippen LogP contribution in [0.4, 0.5) is 5.69 Å². The smallest absolute Gasteiger partial charge is 0.246 e. The molecule has 1 saturated carbocycles. The molecule has 1 spiro atoms. The van der Waals surface area contributed by atoms with Crippen molar-refractivity contribution in [1.82, 2.24) is 15.1 Å². The zero-order valence-corrected chi connectivity index (χ0v) is 25.2. The number of nitrogens with zero attached hydrogens (tertiary/aromatic N) is 2. The summed E-state index contributed by atoms with van der Waals surface area (Å²) in [6, 6.07) is 6.41. The second-order valence-electron chi connectivity index (χ2n) is 13.1. The summed E-state index contributed by atoms with van der Waals surface area (Å²) in [5.74, 6) is -0.430. The summed E-state index contributed by atoms with van der Waals surface area (Å²) in [4.78, 5) is 46.3. The van der Waals surface area contributed by atoms with Gasteiger partial charge in [0, 0.05) is 18.3 Å². The van der Waals surface area contributed by atoms with E-state index in [-0.39, 0.29) is 23.8 Å². The number of benzene rings is 1. The molecule has 4 aliphatic heterocycles. The Morgan fingerprint density at radius 2 is 1.79 bits per heavy atom. The molecule has 2 N–H and O–H groups in total. The zero-order chi connectivity index (χ0) is 29.4. The fourth-order valence-corrected chi connectivity index (χ4v) is 8.10. The molecule has 4 fully saturated rings. The van der Waals surface area contributed by atoms with Gasteiger partial charge in [0.1, 0.15) is 17.4 Å². The van der Waals surface area contributed by atoms with Gasteiger partial charge in [0.05, 0.1) is 25.0 Å². The van der Waals surface area contributed by atoms with Crippen LogP contribution >= 0.6 is 0 Å². The first-order valence-corrected chi connectivity index (χ1v) is 16.0. The predicted molar refractivity (Wildman–Crippen MR) is 160 cm³/mol. The monoisotopic (exact) mass is 578 g/mol. The standard InChI is InChI=1S/C33H46N4O5/c1-21-9-7-10-25(22(21)2)35-31(39)29-33-16-15-26(42-33)27(30(38)34-23-11-13-24(41-3)14-12-23)28(33)32(40)37(29)20-8-19-36-17-5-4-6-18-36/h11-16,21-22,25-29H,4-10,17-20H2,1-3H3,(H,34,38)(H,35,39)/t21-,22-,25-,26-,27+,28-,29-,33-/m1/s1. The Morgan fingerprint density at radius 1 is 1.02 bits per heavy atom. The first-order valence-electron chi connectivity index (χ1n) is 16.0. The molecule has 9 heteroatoms. The van der Waals surface area contributed by atoms with Crippen molar-refractivity contribution in [2.24, 2.45) is 23.7 Å². The van der Waals surface area contributed by atoms with Gasteiger partial charge in [-0.05, 0) is 81.4 Å².